The van der Waals surface area contributed by atoms with Crippen LogP contribution in [0.3, 0.4) is 0 Å². The third-order valence-corrected chi connectivity index (χ3v) is 2.78. The van der Waals surface area contributed by atoms with Gasteiger partial charge in [0.25, 0.3) is 5.95 Å². The van der Waals surface area contributed by atoms with Gasteiger partial charge in [0.1, 0.15) is 0 Å². The van der Waals surface area contributed by atoms with Crippen molar-refractivity contribution in [1.29, 1.82) is 0 Å². The average molecular weight is 281 g/mol. The highest BCUT2D eigenvalue weighted by Crippen LogP contribution is 2.04. The number of hydrogen-bond donors (Lipinski definition) is 3. The van der Waals surface area contributed by atoms with Gasteiger partial charge in [-0.15, -0.1) is 5.10 Å². The summed E-state index contributed by atoms with van der Waals surface area (Å²) < 4.78 is 0. The standard InChI is InChI=1S/C12H19N5O3/c1-7(4-5-10(18)19)6-13-12(20)15-11-14-8(2)9(3)16-17-11/h7H,4-6H2,1-3H3,(H,18,19)(H2,13,14,15,17,20). The normalized spacial score (nSPS) is 11.8. The zero-order valence-corrected chi connectivity index (χ0v) is 11.8. The first-order chi connectivity index (χ1) is 9.38. The molecule has 1 unspecified atom stereocenters. The van der Waals surface area contributed by atoms with Gasteiger partial charge in [-0.05, 0) is 26.2 Å². The van der Waals surface area contributed by atoms with Crippen LogP contribution in [0.1, 0.15) is 31.2 Å². The molecular weight excluding hydrogens is 262 g/mol. The maximum Gasteiger partial charge on any atom is 0.321 e. The van der Waals surface area contributed by atoms with Gasteiger partial charge in [-0.25, -0.2) is 9.78 Å². The van der Waals surface area contributed by atoms with Gasteiger partial charge in [0.15, 0.2) is 0 Å². The maximum atomic E-state index is 11.6. The molecule has 0 aliphatic carbocycles. The van der Waals surface area contributed by atoms with Crippen LogP contribution in [0.5, 0.6) is 0 Å². The fourth-order valence-electron chi connectivity index (χ4n) is 1.39. The molecule has 0 saturated carbocycles. The summed E-state index contributed by atoms with van der Waals surface area (Å²) in [5, 5.41) is 21.3. The number of aliphatic carboxylic acids is 1. The van der Waals surface area contributed by atoms with E-state index in [1.807, 2.05) is 6.92 Å². The summed E-state index contributed by atoms with van der Waals surface area (Å²) in [6.07, 6.45) is 0.603. The van der Waals surface area contributed by atoms with Crippen molar-refractivity contribution in [1.82, 2.24) is 20.5 Å². The van der Waals surface area contributed by atoms with E-state index in [4.69, 9.17) is 5.11 Å². The number of carbonyl (C=O) groups excluding carboxylic acids is 1. The topological polar surface area (TPSA) is 117 Å². The molecule has 1 heterocycles. The first-order valence-electron chi connectivity index (χ1n) is 6.33. The molecule has 8 heteroatoms. The molecule has 1 aromatic rings. The highest BCUT2D eigenvalue weighted by atomic mass is 16.4. The van der Waals surface area contributed by atoms with Crippen molar-refractivity contribution in [3.05, 3.63) is 11.4 Å². The Balaban J connectivity index is 2.36. The van der Waals surface area contributed by atoms with Crippen LogP contribution in [-0.4, -0.2) is 38.8 Å². The smallest absolute Gasteiger partial charge is 0.321 e. The van der Waals surface area contributed by atoms with Gasteiger partial charge in [0.2, 0.25) is 0 Å². The van der Waals surface area contributed by atoms with E-state index in [-0.39, 0.29) is 18.3 Å². The monoisotopic (exact) mass is 281 g/mol. The molecule has 110 valence electrons. The van der Waals surface area contributed by atoms with Crippen molar-refractivity contribution in [3.63, 3.8) is 0 Å². The van der Waals surface area contributed by atoms with Gasteiger partial charge in [-0.3, -0.25) is 10.1 Å². The predicted octanol–water partition coefficient (Wildman–Crippen LogP) is 1.11. The van der Waals surface area contributed by atoms with Crippen molar-refractivity contribution in [2.24, 2.45) is 5.92 Å². The van der Waals surface area contributed by atoms with E-state index in [9.17, 15) is 9.59 Å². The van der Waals surface area contributed by atoms with Gasteiger partial charge in [0.05, 0.1) is 11.4 Å². The Labute approximate surface area is 117 Å². The molecule has 1 atom stereocenters. The van der Waals surface area contributed by atoms with Crippen LogP contribution in [0.4, 0.5) is 10.7 Å². The van der Waals surface area contributed by atoms with Crippen LogP contribution in [0.2, 0.25) is 0 Å². The maximum absolute atomic E-state index is 11.6. The second kappa shape index (κ2) is 7.37. The number of nitrogens with zero attached hydrogens (tertiary/aromatic N) is 3. The summed E-state index contributed by atoms with van der Waals surface area (Å²) in [6.45, 7) is 5.82. The zero-order chi connectivity index (χ0) is 15.1. The number of hydrogen-bond acceptors (Lipinski definition) is 5. The summed E-state index contributed by atoms with van der Waals surface area (Å²) in [4.78, 5) is 26.1. The second-order valence-electron chi connectivity index (χ2n) is 4.68. The lowest BCUT2D eigenvalue weighted by Crippen LogP contribution is -2.33. The van der Waals surface area contributed by atoms with E-state index < -0.39 is 12.0 Å². The van der Waals surface area contributed by atoms with E-state index in [0.717, 1.165) is 0 Å². The number of carboxylic acids is 1. The number of urea groups is 1. The van der Waals surface area contributed by atoms with Gasteiger partial charge in [-0.1, -0.05) is 6.92 Å². The summed E-state index contributed by atoms with van der Waals surface area (Å²) in [7, 11) is 0. The molecular formula is C12H19N5O3. The van der Waals surface area contributed by atoms with Crippen LogP contribution in [-0.2, 0) is 4.79 Å². The minimum atomic E-state index is -0.837. The molecule has 20 heavy (non-hydrogen) atoms. The molecule has 0 aliphatic rings. The first kappa shape index (κ1) is 15.8. The van der Waals surface area contributed by atoms with Crippen LogP contribution in [0.15, 0.2) is 0 Å². The van der Waals surface area contributed by atoms with Crippen LogP contribution < -0.4 is 10.6 Å². The van der Waals surface area contributed by atoms with Crippen LogP contribution in [0, 0.1) is 19.8 Å². The van der Waals surface area contributed by atoms with E-state index in [0.29, 0.717) is 24.4 Å². The molecule has 0 radical (unpaired) electrons. The number of nitrogens with one attached hydrogen (secondary N) is 2. The molecule has 2 amide bonds. The molecule has 8 nitrogen and oxygen atoms in total. The fourth-order valence-corrected chi connectivity index (χ4v) is 1.39. The SMILES string of the molecule is Cc1nnc(NC(=O)NCC(C)CCC(=O)O)nc1C. The first-order valence-corrected chi connectivity index (χ1v) is 6.33. The molecule has 0 saturated heterocycles. The Morgan fingerprint density at radius 3 is 2.55 bits per heavy atom. The Kier molecular flexibility index (Phi) is 5.82. The Morgan fingerprint density at radius 2 is 1.95 bits per heavy atom. The third-order valence-electron chi connectivity index (χ3n) is 2.78. The fraction of sp³-hybridized carbons (Fsp3) is 0.583. The lowest BCUT2D eigenvalue weighted by molar-refractivity contribution is -0.137. The zero-order valence-electron chi connectivity index (χ0n) is 11.8. The van der Waals surface area contributed by atoms with E-state index >= 15 is 0 Å². The summed E-state index contributed by atoms with van der Waals surface area (Å²) in [5.74, 6) is -0.615. The van der Waals surface area contributed by atoms with Crippen molar-refractivity contribution < 1.29 is 14.7 Å². The lowest BCUT2D eigenvalue weighted by Gasteiger charge is -2.11. The van der Waals surface area contributed by atoms with Crippen molar-refractivity contribution >= 4 is 17.9 Å². The number of carboxylic acid groups (broad SMARTS) is 1. The molecule has 0 fully saturated rings. The molecule has 1 aromatic heterocycles. The molecule has 0 aliphatic heterocycles. The predicted molar refractivity (Wildman–Crippen MR) is 72.4 cm³/mol. The number of rotatable bonds is 6. The van der Waals surface area contributed by atoms with Crippen LogP contribution >= 0.6 is 0 Å². The van der Waals surface area contributed by atoms with Gasteiger partial charge in [0, 0.05) is 13.0 Å². The minimum absolute atomic E-state index is 0.0793. The van der Waals surface area contributed by atoms with Gasteiger partial charge in [-0.2, -0.15) is 5.10 Å². The Bertz CT molecular complexity index is 492. The van der Waals surface area contributed by atoms with E-state index in [2.05, 4.69) is 25.8 Å². The lowest BCUT2D eigenvalue weighted by atomic mass is 10.1. The molecule has 1 rings (SSSR count). The summed E-state index contributed by atoms with van der Waals surface area (Å²) in [5.41, 5.74) is 1.41. The van der Waals surface area contributed by atoms with Gasteiger partial charge >= 0.3 is 12.0 Å². The molecule has 0 bridgehead atoms. The van der Waals surface area contributed by atoms with Crippen LogP contribution in [0.25, 0.3) is 0 Å². The van der Waals surface area contributed by atoms with Crippen molar-refractivity contribution in [2.75, 3.05) is 11.9 Å². The molecule has 0 aromatic carbocycles. The average Bonchev–Trinajstić information content (AvgIpc) is 2.38. The summed E-state index contributed by atoms with van der Waals surface area (Å²) in [6, 6.07) is -0.433. The highest BCUT2D eigenvalue weighted by molar-refractivity contribution is 5.87. The number of aromatic nitrogens is 3. The Hall–Kier alpha value is -2.25. The number of aryl methyl sites for hydroxylation is 2. The second-order valence-corrected chi connectivity index (χ2v) is 4.68. The number of carbonyl (C=O) groups is 2. The van der Waals surface area contributed by atoms with E-state index in [1.54, 1.807) is 13.8 Å². The highest BCUT2D eigenvalue weighted by Gasteiger charge is 2.09. The summed E-state index contributed by atoms with van der Waals surface area (Å²) >= 11 is 0. The third kappa shape index (κ3) is 5.59. The van der Waals surface area contributed by atoms with Gasteiger partial charge < -0.3 is 10.4 Å². The number of amides is 2. The van der Waals surface area contributed by atoms with Crippen molar-refractivity contribution in [3.8, 4) is 0 Å². The van der Waals surface area contributed by atoms with Crippen molar-refractivity contribution in [2.45, 2.75) is 33.6 Å². The van der Waals surface area contributed by atoms with E-state index in [1.165, 1.54) is 0 Å². The number of anilines is 1. The molecule has 3 N–H and O–H groups in total. The largest absolute Gasteiger partial charge is 0.481 e. The Morgan fingerprint density at radius 1 is 1.25 bits per heavy atom. The minimum Gasteiger partial charge on any atom is -0.481 e. The molecule has 0 spiro atoms. The quantitative estimate of drug-likeness (QED) is 0.719.